The second-order valence-corrected chi connectivity index (χ2v) is 4.44. The molecule has 4 nitrogen and oxygen atoms in total. The van der Waals surface area contributed by atoms with Gasteiger partial charge in [-0.2, -0.15) is 0 Å². The van der Waals surface area contributed by atoms with Gasteiger partial charge in [0.1, 0.15) is 11.6 Å². The van der Waals surface area contributed by atoms with Crippen LogP contribution in [0.25, 0.3) is 0 Å². The number of para-hydroxylation sites is 1. The van der Waals surface area contributed by atoms with E-state index >= 15 is 0 Å². The fraction of sp³-hybridized carbons (Fsp3) is 0.267. The van der Waals surface area contributed by atoms with Crippen molar-refractivity contribution >= 4 is 5.82 Å². The maximum absolute atomic E-state index is 6.32. The van der Waals surface area contributed by atoms with Crippen molar-refractivity contribution in [2.75, 3.05) is 12.3 Å². The normalized spacial score (nSPS) is 12.2. The van der Waals surface area contributed by atoms with Gasteiger partial charge in [0, 0.05) is 17.3 Å². The van der Waals surface area contributed by atoms with Crippen LogP contribution in [0.3, 0.4) is 0 Å². The first-order chi connectivity index (χ1) is 9.13. The zero-order chi connectivity index (χ0) is 13.8. The molecule has 0 aliphatic rings. The lowest BCUT2D eigenvalue weighted by atomic mass is 9.98. The highest BCUT2D eigenvalue weighted by molar-refractivity contribution is 5.50. The predicted molar refractivity (Wildman–Crippen MR) is 77.0 cm³/mol. The van der Waals surface area contributed by atoms with Crippen LogP contribution >= 0.6 is 0 Å². The van der Waals surface area contributed by atoms with E-state index in [9.17, 15) is 0 Å². The SMILES string of the molecule is CCOc1ccccc1C(N)c1cc(C)cnc1N. The van der Waals surface area contributed by atoms with Crippen LogP contribution in [-0.2, 0) is 0 Å². The number of hydrogen-bond donors (Lipinski definition) is 2. The second-order valence-electron chi connectivity index (χ2n) is 4.44. The molecular formula is C15H19N3O. The molecule has 2 rings (SSSR count). The number of pyridine rings is 1. The molecule has 1 atom stereocenters. The molecule has 0 aliphatic heterocycles. The molecule has 19 heavy (non-hydrogen) atoms. The third kappa shape index (κ3) is 2.85. The van der Waals surface area contributed by atoms with Gasteiger partial charge in [-0.3, -0.25) is 0 Å². The third-order valence-corrected chi connectivity index (χ3v) is 2.98. The maximum atomic E-state index is 6.32. The van der Waals surface area contributed by atoms with Crippen molar-refractivity contribution in [3.63, 3.8) is 0 Å². The molecule has 0 amide bonds. The molecule has 100 valence electrons. The number of nitrogens with two attached hydrogens (primary N) is 2. The second kappa shape index (κ2) is 5.71. The Kier molecular flexibility index (Phi) is 4.02. The van der Waals surface area contributed by atoms with Gasteiger partial charge in [-0.25, -0.2) is 4.98 Å². The van der Waals surface area contributed by atoms with Gasteiger partial charge in [0.15, 0.2) is 0 Å². The Morgan fingerprint density at radius 1 is 1.26 bits per heavy atom. The topological polar surface area (TPSA) is 74.2 Å². The molecule has 4 N–H and O–H groups in total. The van der Waals surface area contributed by atoms with Gasteiger partial charge >= 0.3 is 0 Å². The van der Waals surface area contributed by atoms with Gasteiger partial charge in [0.25, 0.3) is 0 Å². The standard InChI is InChI=1S/C15H19N3O/c1-3-19-13-7-5-4-6-11(13)14(16)12-8-10(2)9-18-15(12)17/h4-9,14H,3,16H2,1-2H3,(H2,17,18). The quantitative estimate of drug-likeness (QED) is 0.882. The smallest absolute Gasteiger partial charge is 0.128 e. The molecule has 0 fully saturated rings. The van der Waals surface area contributed by atoms with Crippen LogP contribution in [-0.4, -0.2) is 11.6 Å². The molecule has 0 spiro atoms. The summed E-state index contributed by atoms with van der Waals surface area (Å²) in [7, 11) is 0. The van der Waals surface area contributed by atoms with Gasteiger partial charge < -0.3 is 16.2 Å². The van der Waals surface area contributed by atoms with Gasteiger partial charge in [-0.05, 0) is 31.5 Å². The Morgan fingerprint density at radius 3 is 2.74 bits per heavy atom. The lowest BCUT2D eigenvalue weighted by Crippen LogP contribution is -2.16. The van der Waals surface area contributed by atoms with Crippen molar-refractivity contribution in [3.05, 3.63) is 53.2 Å². The van der Waals surface area contributed by atoms with Crippen LogP contribution in [0.15, 0.2) is 36.5 Å². The number of anilines is 1. The predicted octanol–water partition coefficient (Wildman–Crippen LogP) is 2.42. The summed E-state index contributed by atoms with van der Waals surface area (Å²) in [6.07, 6.45) is 1.74. The lowest BCUT2D eigenvalue weighted by molar-refractivity contribution is 0.335. The van der Waals surface area contributed by atoms with E-state index in [-0.39, 0.29) is 6.04 Å². The van der Waals surface area contributed by atoms with E-state index in [0.29, 0.717) is 12.4 Å². The minimum absolute atomic E-state index is 0.338. The highest BCUT2D eigenvalue weighted by Gasteiger charge is 2.17. The summed E-state index contributed by atoms with van der Waals surface area (Å²) < 4.78 is 5.61. The van der Waals surface area contributed by atoms with E-state index in [0.717, 1.165) is 22.4 Å². The molecule has 0 saturated carbocycles. The fourth-order valence-electron chi connectivity index (χ4n) is 2.04. The maximum Gasteiger partial charge on any atom is 0.128 e. The minimum atomic E-state index is -0.338. The molecule has 0 bridgehead atoms. The number of aromatic nitrogens is 1. The fourth-order valence-corrected chi connectivity index (χ4v) is 2.04. The van der Waals surface area contributed by atoms with Crippen LogP contribution in [0, 0.1) is 6.92 Å². The van der Waals surface area contributed by atoms with Crippen molar-refractivity contribution in [3.8, 4) is 5.75 Å². The molecule has 0 radical (unpaired) electrons. The first kappa shape index (κ1) is 13.4. The Labute approximate surface area is 113 Å². The summed E-state index contributed by atoms with van der Waals surface area (Å²) in [6.45, 7) is 4.52. The molecule has 1 unspecified atom stereocenters. The van der Waals surface area contributed by atoms with Crippen LogP contribution in [0.1, 0.15) is 29.7 Å². The molecule has 0 aliphatic carbocycles. The Hall–Kier alpha value is -2.07. The van der Waals surface area contributed by atoms with Gasteiger partial charge in [0.2, 0.25) is 0 Å². The van der Waals surface area contributed by atoms with E-state index in [1.807, 2.05) is 44.2 Å². The van der Waals surface area contributed by atoms with Crippen molar-refractivity contribution in [2.45, 2.75) is 19.9 Å². The average molecular weight is 257 g/mol. The van der Waals surface area contributed by atoms with E-state index in [1.165, 1.54) is 0 Å². The summed E-state index contributed by atoms with van der Waals surface area (Å²) >= 11 is 0. The molecular weight excluding hydrogens is 238 g/mol. The van der Waals surface area contributed by atoms with Crippen LogP contribution in [0.2, 0.25) is 0 Å². The van der Waals surface area contributed by atoms with Crippen molar-refractivity contribution < 1.29 is 4.74 Å². The van der Waals surface area contributed by atoms with E-state index < -0.39 is 0 Å². The number of aryl methyl sites for hydroxylation is 1. The molecule has 1 aromatic heterocycles. The number of benzene rings is 1. The van der Waals surface area contributed by atoms with E-state index in [2.05, 4.69) is 4.98 Å². The van der Waals surface area contributed by atoms with Gasteiger partial charge in [-0.15, -0.1) is 0 Å². The zero-order valence-electron chi connectivity index (χ0n) is 11.3. The summed E-state index contributed by atoms with van der Waals surface area (Å²) in [6, 6.07) is 9.37. The number of rotatable bonds is 4. The number of ether oxygens (including phenoxy) is 1. The summed E-state index contributed by atoms with van der Waals surface area (Å²) in [5.41, 5.74) is 15.0. The van der Waals surface area contributed by atoms with Crippen LogP contribution in [0.5, 0.6) is 5.75 Å². The summed E-state index contributed by atoms with van der Waals surface area (Å²) in [5.74, 6) is 1.25. The molecule has 1 heterocycles. The highest BCUT2D eigenvalue weighted by atomic mass is 16.5. The van der Waals surface area contributed by atoms with Gasteiger partial charge in [-0.1, -0.05) is 18.2 Å². The van der Waals surface area contributed by atoms with Crippen molar-refractivity contribution in [2.24, 2.45) is 5.73 Å². The number of nitrogens with zero attached hydrogens (tertiary/aromatic N) is 1. The van der Waals surface area contributed by atoms with Crippen LogP contribution < -0.4 is 16.2 Å². The van der Waals surface area contributed by atoms with E-state index in [4.69, 9.17) is 16.2 Å². The highest BCUT2D eigenvalue weighted by Crippen LogP contribution is 2.30. The largest absolute Gasteiger partial charge is 0.494 e. The van der Waals surface area contributed by atoms with Crippen molar-refractivity contribution in [1.82, 2.24) is 4.98 Å². The lowest BCUT2D eigenvalue weighted by Gasteiger charge is -2.18. The summed E-state index contributed by atoms with van der Waals surface area (Å²) in [4.78, 5) is 4.16. The number of nitrogen functional groups attached to an aromatic ring is 1. The van der Waals surface area contributed by atoms with Crippen molar-refractivity contribution in [1.29, 1.82) is 0 Å². The van der Waals surface area contributed by atoms with Gasteiger partial charge in [0.05, 0.1) is 12.6 Å². The number of hydrogen-bond acceptors (Lipinski definition) is 4. The van der Waals surface area contributed by atoms with Crippen LogP contribution in [0.4, 0.5) is 5.82 Å². The van der Waals surface area contributed by atoms with E-state index in [1.54, 1.807) is 6.20 Å². The first-order valence-corrected chi connectivity index (χ1v) is 6.32. The molecule has 2 aromatic rings. The third-order valence-electron chi connectivity index (χ3n) is 2.98. The molecule has 1 aromatic carbocycles. The zero-order valence-corrected chi connectivity index (χ0v) is 11.3. The Balaban J connectivity index is 2.43. The first-order valence-electron chi connectivity index (χ1n) is 6.32. The average Bonchev–Trinajstić information content (AvgIpc) is 2.42. The Morgan fingerprint density at radius 2 is 2.00 bits per heavy atom. The molecule has 4 heteroatoms. The molecule has 0 saturated heterocycles. The monoisotopic (exact) mass is 257 g/mol. The minimum Gasteiger partial charge on any atom is -0.494 e. The Bertz CT molecular complexity index is 569. The summed E-state index contributed by atoms with van der Waals surface area (Å²) in [5, 5.41) is 0.